The van der Waals surface area contributed by atoms with Crippen molar-refractivity contribution >= 4 is 24.1 Å². The van der Waals surface area contributed by atoms with E-state index in [4.69, 9.17) is 31.2 Å². The SMILES string of the molecule is CC(C)(C)OC(=O)NCCC[C@H](N)C(=O)O.CC(C)(C)OC(=O)NCCC[C@H](N)C(=O)O.[Cu]. The molecule has 2 atom stereocenters. The molecule has 0 unspecified atom stereocenters. The van der Waals surface area contributed by atoms with Gasteiger partial charge in [0.1, 0.15) is 23.3 Å². The van der Waals surface area contributed by atoms with Gasteiger partial charge in [0, 0.05) is 30.2 Å². The summed E-state index contributed by atoms with van der Waals surface area (Å²) in [6, 6.07) is -1.75. The van der Waals surface area contributed by atoms with Gasteiger partial charge in [-0.15, -0.1) is 0 Å². The predicted molar refractivity (Wildman–Crippen MR) is 118 cm³/mol. The van der Waals surface area contributed by atoms with Crippen molar-refractivity contribution in [2.45, 2.75) is 90.5 Å². The Kier molecular flexibility index (Phi) is 18.7. The molecular weight excluding hydrogens is 488 g/mol. The van der Waals surface area contributed by atoms with Crippen LogP contribution in [0.2, 0.25) is 0 Å². The fourth-order valence-corrected chi connectivity index (χ4v) is 1.90. The van der Waals surface area contributed by atoms with Crippen molar-refractivity contribution in [2.75, 3.05) is 13.1 Å². The third-order valence-corrected chi connectivity index (χ3v) is 3.35. The molecule has 199 valence electrons. The molecule has 0 aliphatic rings. The maximum Gasteiger partial charge on any atom is 0.407 e. The number of hydrogen-bond donors (Lipinski definition) is 6. The molecule has 0 heterocycles. The summed E-state index contributed by atoms with van der Waals surface area (Å²) in [5.41, 5.74) is 9.53. The standard InChI is InChI=1S/2C10H20N2O4.Cu/c2*1-10(2,3)16-9(15)12-6-4-5-7(11)8(13)14;/h2*7H,4-6,11H2,1-3H3,(H,12,15)(H,13,14);/t2*7-;/m00./s1. The third kappa shape index (κ3) is 26.1. The van der Waals surface area contributed by atoms with Gasteiger partial charge in [-0.25, -0.2) is 9.59 Å². The van der Waals surface area contributed by atoms with Gasteiger partial charge >= 0.3 is 24.1 Å². The first-order valence-corrected chi connectivity index (χ1v) is 10.3. The number of carboxylic acid groups (broad SMARTS) is 2. The van der Waals surface area contributed by atoms with Gasteiger partial charge in [-0.1, -0.05) is 0 Å². The molecule has 0 aliphatic heterocycles. The summed E-state index contributed by atoms with van der Waals surface area (Å²) in [7, 11) is 0. The molecule has 0 spiro atoms. The molecule has 0 aromatic heterocycles. The maximum atomic E-state index is 11.2. The topological polar surface area (TPSA) is 203 Å². The summed E-state index contributed by atoms with van der Waals surface area (Å²) in [6.07, 6.45) is 0.656. The second kappa shape index (κ2) is 17.4. The molecule has 0 fully saturated rings. The van der Waals surface area contributed by atoms with E-state index >= 15 is 0 Å². The summed E-state index contributed by atoms with van der Waals surface area (Å²) in [4.78, 5) is 43.1. The molecule has 0 aliphatic carbocycles. The first-order chi connectivity index (χ1) is 14.4. The summed E-state index contributed by atoms with van der Waals surface area (Å²) in [6.45, 7) is 11.3. The average Bonchev–Trinajstić information content (AvgIpc) is 2.59. The zero-order chi connectivity index (χ0) is 25.5. The second-order valence-electron chi connectivity index (χ2n) is 9.03. The summed E-state index contributed by atoms with van der Waals surface area (Å²) in [5, 5.41) is 22.1. The molecule has 33 heavy (non-hydrogen) atoms. The minimum atomic E-state index is -1.03. The van der Waals surface area contributed by atoms with Crippen LogP contribution in [-0.2, 0) is 36.1 Å². The molecule has 0 saturated heterocycles. The van der Waals surface area contributed by atoms with Gasteiger partial charge in [0.25, 0.3) is 0 Å². The number of ether oxygens (including phenoxy) is 2. The Morgan fingerprint density at radius 3 is 1.21 bits per heavy atom. The van der Waals surface area contributed by atoms with Gasteiger partial charge in [0.05, 0.1) is 0 Å². The van der Waals surface area contributed by atoms with Crippen LogP contribution in [-0.4, -0.2) is 70.7 Å². The Morgan fingerprint density at radius 2 is 1.00 bits per heavy atom. The average molecular weight is 528 g/mol. The number of amides is 2. The van der Waals surface area contributed by atoms with Crippen molar-refractivity contribution < 1.29 is 55.9 Å². The molecule has 13 heteroatoms. The molecule has 0 rings (SSSR count). The van der Waals surface area contributed by atoms with Crippen LogP contribution in [0, 0.1) is 0 Å². The Hall–Kier alpha value is -2.08. The largest absolute Gasteiger partial charge is 0.480 e. The van der Waals surface area contributed by atoms with Crippen LogP contribution in [0.5, 0.6) is 0 Å². The van der Waals surface area contributed by atoms with Crippen LogP contribution in [0.15, 0.2) is 0 Å². The monoisotopic (exact) mass is 527 g/mol. The zero-order valence-electron chi connectivity index (χ0n) is 20.2. The summed E-state index contributed by atoms with van der Waals surface area (Å²) < 4.78 is 9.99. The number of aliphatic carboxylic acids is 2. The van der Waals surface area contributed by atoms with E-state index in [2.05, 4.69) is 10.6 Å². The van der Waals surface area contributed by atoms with Crippen LogP contribution in [0.1, 0.15) is 67.2 Å². The van der Waals surface area contributed by atoms with E-state index in [0.717, 1.165) is 0 Å². The van der Waals surface area contributed by atoms with E-state index in [0.29, 0.717) is 38.8 Å². The van der Waals surface area contributed by atoms with Crippen molar-refractivity contribution in [3.63, 3.8) is 0 Å². The minimum Gasteiger partial charge on any atom is -0.480 e. The van der Waals surface area contributed by atoms with Crippen LogP contribution in [0.25, 0.3) is 0 Å². The number of carbonyl (C=O) groups is 4. The van der Waals surface area contributed by atoms with E-state index in [1.807, 2.05) is 0 Å². The molecular formula is C20H40CuN4O8. The smallest absolute Gasteiger partial charge is 0.407 e. The van der Waals surface area contributed by atoms with Crippen LogP contribution in [0.4, 0.5) is 9.59 Å². The number of carboxylic acids is 2. The molecule has 0 aromatic rings. The van der Waals surface area contributed by atoms with E-state index in [1.165, 1.54) is 0 Å². The van der Waals surface area contributed by atoms with Crippen LogP contribution >= 0.6 is 0 Å². The Morgan fingerprint density at radius 1 is 0.727 bits per heavy atom. The number of hydrogen-bond acceptors (Lipinski definition) is 8. The first-order valence-electron chi connectivity index (χ1n) is 10.3. The van der Waals surface area contributed by atoms with Crippen molar-refractivity contribution in [1.82, 2.24) is 10.6 Å². The third-order valence-electron chi connectivity index (χ3n) is 3.35. The first kappa shape index (κ1) is 35.5. The zero-order valence-corrected chi connectivity index (χ0v) is 21.1. The van der Waals surface area contributed by atoms with Gasteiger partial charge < -0.3 is 41.8 Å². The van der Waals surface area contributed by atoms with Gasteiger partial charge in [0.15, 0.2) is 0 Å². The van der Waals surface area contributed by atoms with Crippen molar-refractivity contribution in [2.24, 2.45) is 11.5 Å². The Bertz CT molecular complexity index is 554. The van der Waals surface area contributed by atoms with Crippen molar-refractivity contribution in [3.05, 3.63) is 0 Å². The molecule has 0 aromatic carbocycles. The number of nitrogens with one attached hydrogen (secondary N) is 2. The normalized spacial score (nSPS) is 12.6. The number of alkyl carbamates (subject to hydrolysis) is 2. The van der Waals surface area contributed by atoms with Gasteiger partial charge in [0.2, 0.25) is 0 Å². The van der Waals surface area contributed by atoms with Gasteiger partial charge in [-0.3, -0.25) is 9.59 Å². The number of nitrogens with two attached hydrogens (primary N) is 2. The van der Waals surface area contributed by atoms with E-state index in [-0.39, 0.29) is 17.1 Å². The van der Waals surface area contributed by atoms with E-state index in [9.17, 15) is 19.2 Å². The van der Waals surface area contributed by atoms with Crippen molar-refractivity contribution in [1.29, 1.82) is 0 Å². The Labute approximate surface area is 206 Å². The minimum absolute atomic E-state index is 0. The molecule has 1 radical (unpaired) electrons. The van der Waals surface area contributed by atoms with Gasteiger partial charge in [-0.05, 0) is 67.2 Å². The second-order valence-corrected chi connectivity index (χ2v) is 9.03. The molecule has 8 N–H and O–H groups in total. The van der Waals surface area contributed by atoms with Crippen LogP contribution < -0.4 is 22.1 Å². The summed E-state index contributed by atoms with van der Waals surface area (Å²) in [5.74, 6) is -2.06. The molecule has 12 nitrogen and oxygen atoms in total. The van der Waals surface area contributed by atoms with E-state index < -0.39 is 47.4 Å². The van der Waals surface area contributed by atoms with Gasteiger partial charge in [-0.2, -0.15) is 0 Å². The maximum absolute atomic E-state index is 11.2. The molecule has 0 saturated carbocycles. The quantitative estimate of drug-likeness (QED) is 0.178. The molecule has 0 bridgehead atoms. The van der Waals surface area contributed by atoms with Crippen LogP contribution in [0.3, 0.4) is 0 Å². The molecule has 2 amide bonds. The Balaban J connectivity index is -0.000000529. The predicted octanol–water partition coefficient (Wildman–Crippen LogP) is 1.40. The van der Waals surface area contributed by atoms with E-state index in [1.54, 1.807) is 41.5 Å². The fraction of sp³-hybridized carbons (Fsp3) is 0.800. The fourth-order valence-electron chi connectivity index (χ4n) is 1.90. The summed E-state index contributed by atoms with van der Waals surface area (Å²) >= 11 is 0. The number of rotatable bonds is 10. The number of carbonyl (C=O) groups excluding carboxylic acids is 2. The van der Waals surface area contributed by atoms with Crippen molar-refractivity contribution in [3.8, 4) is 0 Å².